The molecule has 5 heteroatoms. The number of nitrogens with one attached hydrogen (secondary N) is 1. The van der Waals surface area contributed by atoms with Crippen molar-refractivity contribution < 1.29 is 9.21 Å². The standard InChI is InChI=1S/C17H16N2O2S/c1-10-4-5-13(11(2)8-10)15-9-22-17(18-15)19-16(20)14-6-7-21-12(14)3/h4-9H,1-3H3,(H,18,19,20). The summed E-state index contributed by atoms with van der Waals surface area (Å²) in [5.74, 6) is 0.399. The van der Waals surface area contributed by atoms with Gasteiger partial charge in [-0.2, -0.15) is 0 Å². The van der Waals surface area contributed by atoms with E-state index >= 15 is 0 Å². The monoisotopic (exact) mass is 312 g/mol. The number of carbonyl (C=O) groups excluding carboxylic acids is 1. The van der Waals surface area contributed by atoms with Crippen molar-refractivity contribution >= 4 is 22.4 Å². The number of rotatable bonds is 3. The van der Waals surface area contributed by atoms with Crippen molar-refractivity contribution in [2.45, 2.75) is 20.8 Å². The lowest BCUT2D eigenvalue weighted by atomic mass is 10.0. The molecule has 4 nitrogen and oxygen atoms in total. The lowest BCUT2D eigenvalue weighted by Gasteiger charge is -2.03. The SMILES string of the molecule is Cc1ccc(-c2csc(NC(=O)c3ccoc3C)n2)c(C)c1. The molecule has 2 heterocycles. The highest BCUT2D eigenvalue weighted by molar-refractivity contribution is 7.14. The van der Waals surface area contributed by atoms with E-state index in [1.165, 1.54) is 28.7 Å². The summed E-state index contributed by atoms with van der Waals surface area (Å²) < 4.78 is 5.15. The number of hydrogen-bond donors (Lipinski definition) is 1. The van der Waals surface area contributed by atoms with Crippen molar-refractivity contribution in [3.63, 3.8) is 0 Å². The average Bonchev–Trinajstić information content (AvgIpc) is 3.08. The molecule has 0 saturated heterocycles. The third kappa shape index (κ3) is 2.80. The molecule has 0 atom stereocenters. The summed E-state index contributed by atoms with van der Waals surface area (Å²) in [4.78, 5) is 16.7. The summed E-state index contributed by atoms with van der Waals surface area (Å²) in [6.07, 6.45) is 1.51. The number of amides is 1. The molecule has 0 saturated carbocycles. The largest absolute Gasteiger partial charge is 0.469 e. The van der Waals surface area contributed by atoms with Crippen molar-refractivity contribution in [2.24, 2.45) is 0 Å². The van der Waals surface area contributed by atoms with Crippen LogP contribution < -0.4 is 5.32 Å². The molecule has 1 amide bonds. The Hall–Kier alpha value is -2.40. The van der Waals surface area contributed by atoms with Gasteiger partial charge in [-0.15, -0.1) is 11.3 Å². The second-order valence-electron chi connectivity index (χ2n) is 5.20. The lowest BCUT2D eigenvalue weighted by molar-refractivity contribution is 0.102. The molecule has 112 valence electrons. The first-order valence-corrected chi connectivity index (χ1v) is 7.81. The fourth-order valence-corrected chi connectivity index (χ4v) is 3.05. The molecule has 0 aliphatic carbocycles. The number of carbonyl (C=O) groups is 1. The van der Waals surface area contributed by atoms with E-state index in [0.29, 0.717) is 16.5 Å². The highest BCUT2D eigenvalue weighted by Crippen LogP contribution is 2.28. The second kappa shape index (κ2) is 5.77. The topological polar surface area (TPSA) is 55.1 Å². The molecule has 0 spiro atoms. The van der Waals surface area contributed by atoms with Crippen LogP contribution in [0.15, 0.2) is 40.3 Å². The van der Waals surface area contributed by atoms with Gasteiger partial charge in [0, 0.05) is 10.9 Å². The van der Waals surface area contributed by atoms with Gasteiger partial charge in [-0.1, -0.05) is 23.8 Å². The Kier molecular flexibility index (Phi) is 3.81. The molecule has 0 aliphatic heterocycles. The zero-order chi connectivity index (χ0) is 15.7. The predicted molar refractivity (Wildman–Crippen MR) is 88.4 cm³/mol. The van der Waals surface area contributed by atoms with Gasteiger partial charge in [-0.3, -0.25) is 10.1 Å². The van der Waals surface area contributed by atoms with Crippen LogP contribution in [-0.2, 0) is 0 Å². The van der Waals surface area contributed by atoms with E-state index in [2.05, 4.69) is 42.3 Å². The van der Waals surface area contributed by atoms with Crippen molar-refractivity contribution in [3.05, 3.63) is 58.4 Å². The van der Waals surface area contributed by atoms with Gasteiger partial charge in [0.05, 0.1) is 17.5 Å². The molecular weight excluding hydrogens is 296 g/mol. The lowest BCUT2D eigenvalue weighted by Crippen LogP contribution is -2.11. The molecule has 2 aromatic heterocycles. The van der Waals surface area contributed by atoms with Gasteiger partial charge in [0.2, 0.25) is 0 Å². The van der Waals surface area contributed by atoms with E-state index in [-0.39, 0.29) is 5.91 Å². The van der Waals surface area contributed by atoms with E-state index in [9.17, 15) is 4.79 Å². The quantitative estimate of drug-likeness (QED) is 0.770. The number of hydrogen-bond acceptors (Lipinski definition) is 4. The van der Waals surface area contributed by atoms with Crippen LogP contribution in [0.25, 0.3) is 11.3 Å². The van der Waals surface area contributed by atoms with Gasteiger partial charge in [-0.25, -0.2) is 4.98 Å². The van der Waals surface area contributed by atoms with Crippen LogP contribution in [0.4, 0.5) is 5.13 Å². The molecule has 1 N–H and O–H groups in total. The van der Waals surface area contributed by atoms with Gasteiger partial charge in [-0.05, 0) is 32.4 Å². The number of aromatic nitrogens is 1. The Morgan fingerprint density at radius 2 is 2.05 bits per heavy atom. The number of thiazole rings is 1. The predicted octanol–water partition coefficient (Wildman–Crippen LogP) is 4.58. The minimum Gasteiger partial charge on any atom is -0.469 e. The maximum absolute atomic E-state index is 12.1. The number of aryl methyl sites for hydroxylation is 3. The van der Waals surface area contributed by atoms with Crippen LogP contribution in [0.1, 0.15) is 27.2 Å². The van der Waals surface area contributed by atoms with Crippen molar-refractivity contribution in [1.82, 2.24) is 4.98 Å². The first-order chi connectivity index (χ1) is 10.5. The molecule has 0 bridgehead atoms. The Labute approximate surface area is 132 Å². The summed E-state index contributed by atoms with van der Waals surface area (Å²) in [5.41, 5.74) is 4.89. The van der Waals surface area contributed by atoms with Crippen molar-refractivity contribution in [1.29, 1.82) is 0 Å². The van der Waals surface area contributed by atoms with Crippen LogP contribution in [0, 0.1) is 20.8 Å². The first-order valence-electron chi connectivity index (χ1n) is 6.93. The van der Waals surface area contributed by atoms with Crippen molar-refractivity contribution in [2.75, 3.05) is 5.32 Å². The Bertz CT molecular complexity index is 833. The van der Waals surface area contributed by atoms with Crippen LogP contribution in [0.3, 0.4) is 0 Å². The van der Waals surface area contributed by atoms with Gasteiger partial charge < -0.3 is 4.42 Å². The third-order valence-electron chi connectivity index (χ3n) is 3.49. The average molecular weight is 312 g/mol. The molecule has 1 aromatic carbocycles. The van der Waals surface area contributed by atoms with E-state index in [1.54, 1.807) is 13.0 Å². The van der Waals surface area contributed by atoms with E-state index in [0.717, 1.165) is 11.3 Å². The molecule has 0 aliphatic rings. The third-order valence-corrected chi connectivity index (χ3v) is 4.24. The second-order valence-corrected chi connectivity index (χ2v) is 6.06. The highest BCUT2D eigenvalue weighted by Gasteiger charge is 2.14. The summed E-state index contributed by atoms with van der Waals surface area (Å²) in [7, 11) is 0. The Morgan fingerprint density at radius 1 is 1.23 bits per heavy atom. The van der Waals surface area contributed by atoms with Gasteiger partial charge in [0.25, 0.3) is 5.91 Å². The Morgan fingerprint density at radius 3 is 2.73 bits per heavy atom. The number of nitrogens with zero attached hydrogens (tertiary/aromatic N) is 1. The summed E-state index contributed by atoms with van der Waals surface area (Å²) in [6.45, 7) is 5.89. The van der Waals surface area contributed by atoms with E-state index < -0.39 is 0 Å². The maximum atomic E-state index is 12.1. The first kappa shape index (κ1) is 14.5. The minimum absolute atomic E-state index is 0.201. The van der Waals surface area contributed by atoms with Gasteiger partial charge >= 0.3 is 0 Å². The number of anilines is 1. The van der Waals surface area contributed by atoms with Gasteiger partial charge in [0.1, 0.15) is 5.76 Å². The van der Waals surface area contributed by atoms with Crippen LogP contribution in [0.2, 0.25) is 0 Å². The summed E-state index contributed by atoms with van der Waals surface area (Å²) in [5, 5.41) is 5.35. The fourth-order valence-electron chi connectivity index (χ4n) is 2.34. The normalized spacial score (nSPS) is 10.7. The summed E-state index contributed by atoms with van der Waals surface area (Å²) in [6, 6.07) is 7.91. The fraction of sp³-hybridized carbons (Fsp3) is 0.176. The molecule has 3 rings (SSSR count). The van der Waals surface area contributed by atoms with Crippen molar-refractivity contribution in [3.8, 4) is 11.3 Å². The van der Waals surface area contributed by atoms with Gasteiger partial charge in [0.15, 0.2) is 5.13 Å². The molecule has 0 unspecified atom stereocenters. The molecule has 3 aromatic rings. The number of benzene rings is 1. The molecule has 22 heavy (non-hydrogen) atoms. The van der Waals surface area contributed by atoms with Crippen LogP contribution in [-0.4, -0.2) is 10.9 Å². The maximum Gasteiger partial charge on any atom is 0.260 e. The smallest absolute Gasteiger partial charge is 0.260 e. The minimum atomic E-state index is -0.201. The van der Waals surface area contributed by atoms with Crippen LogP contribution in [0.5, 0.6) is 0 Å². The van der Waals surface area contributed by atoms with E-state index in [1.807, 2.05) is 5.38 Å². The van der Waals surface area contributed by atoms with Crippen LogP contribution >= 0.6 is 11.3 Å². The zero-order valence-electron chi connectivity index (χ0n) is 12.6. The molecule has 0 radical (unpaired) electrons. The number of furan rings is 1. The van der Waals surface area contributed by atoms with E-state index in [4.69, 9.17) is 4.42 Å². The molecular formula is C17H16N2O2S. The molecule has 0 fully saturated rings. The highest BCUT2D eigenvalue weighted by atomic mass is 32.1. The Balaban J connectivity index is 1.82. The summed E-state index contributed by atoms with van der Waals surface area (Å²) >= 11 is 1.42. The zero-order valence-corrected chi connectivity index (χ0v) is 13.5.